The molecule has 6 aliphatic rings. The molecule has 0 N–H and O–H groups in total. The van der Waals surface area contributed by atoms with Gasteiger partial charge in [0.25, 0.3) is 0 Å². The van der Waals surface area contributed by atoms with E-state index in [0.29, 0.717) is 18.2 Å². The highest BCUT2D eigenvalue weighted by Gasteiger charge is 2.84. The van der Waals surface area contributed by atoms with Crippen LogP contribution in [-0.4, -0.2) is 55.7 Å². The molecule has 0 radical (unpaired) electrons. The third-order valence-electron chi connectivity index (χ3n) is 9.81. The van der Waals surface area contributed by atoms with Crippen LogP contribution in [0.3, 0.4) is 0 Å². The molecule has 1 saturated carbocycles. The summed E-state index contributed by atoms with van der Waals surface area (Å²) >= 11 is 0. The number of rotatable bonds is 5. The molecule has 2 spiro atoms. The Morgan fingerprint density at radius 1 is 1.29 bits per heavy atom. The second-order valence-corrected chi connectivity index (χ2v) is 10.5. The Labute approximate surface area is 184 Å². The molecule has 4 bridgehead atoms. The maximum atomic E-state index is 13.5. The first-order valence-corrected chi connectivity index (χ1v) is 11.7. The number of ether oxygens (including phenoxy) is 3. The van der Waals surface area contributed by atoms with Crippen molar-refractivity contribution in [2.24, 2.45) is 11.3 Å². The van der Waals surface area contributed by atoms with Crippen molar-refractivity contribution in [1.29, 1.82) is 0 Å². The summed E-state index contributed by atoms with van der Waals surface area (Å²) in [5.41, 5.74) is 0.883. The summed E-state index contributed by atoms with van der Waals surface area (Å²) in [4.78, 5) is 16.1. The third-order valence-corrected chi connectivity index (χ3v) is 9.81. The van der Waals surface area contributed by atoms with Gasteiger partial charge in [-0.25, -0.2) is 0 Å². The number of likely N-dealkylation sites (N-methyl/N-ethyl adjacent to an activating group) is 1. The number of carbonyl (C=O) groups is 1. The smallest absolute Gasteiger partial charge is 0.166 e. The average molecular weight is 424 g/mol. The lowest BCUT2D eigenvalue weighted by Gasteiger charge is -2.74. The highest BCUT2D eigenvalue weighted by Crippen LogP contribution is 2.78. The number of Topliss-reactive ketones (excluding diaryl/α,β-unsaturated/α-hetero) is 1. The highest BCUT2D eigenvalue weighted by molar-refractivity contribution is 5.85. The molecule has 2 heterocycles. The number of hydrogen-bond donors (Lipinski definition) is 0. The van der Waals surface area contributed by atoms with Crippen LogP contribution in [0.2, 0.25) is 0 Å². The number of benzene rings is 1. The van der Waals surface area contributed by atoms with E-state index in [0.717, 1.165) is 43.7 Å². The van der Waals surface area contributed by atoms with Crippen LogP contribution < -0.4 is 9.47 Å². The molecule has 0 unspecified atom stereocenters. The van der Waals surface area contributed by atoms with E-state index in [-0.39, 0.29) is 16.7 Å². The molecule has 5 heteroatoms. The zero-order valence-electron chi connectivity index (χ0n) is 19.3. The predicted octanol–water partition coefficient (Wildman–Crippen LogP) is 3.67. The maximum Gasteiger partial charge on any atom is 0.166 e. The lowest BCUT2D eigenvalue weighted by Crippen LogP contribution is -2.84. The van der Waals surface area contributed by atoms with Crippen molar-refractivity contribution in [3.05, 3.63) is 35.4 Å². The first kappa shape index (κ1) is 19.8. The van der Waals surface area contributed by atoms with Gasteiger partial charge >= 0.3 is 0 Å². The Morgan fingerprint density at radius 2 is 2.10 bits per heavy atom. The van der Waals surface area contributed by atoms with Crippen molar-refractivity contribution >= 4 is 5.78 Å². The summed E-state index contributed by atoms with van der Waals surface area (Å²) in [5, 5.41) is 0. The molecule has 1 aromatic rings. The second-order valence-electron chi connectivity index (χ2n) is 10.5. The predicted molar refractivity (Wildman–Crippen MR) is 118 cm³/mol. The Hall–Kier alpha value is -1.85. The van der Waals surface area contributed by atoms with Gasteiger partial charge in [-0.15, -0.1) is 0 Å². The number of ketones is 1. The molecule has 1 aromatic carbocycles. The minimum Gasteiger partial charge on any atom is -0.493 e. The first-order valence-electron chi connectivity index (χ1n) is 11.7. The van der Waals surface area contributed by atoms with Crippen molar-refractivity contribution in [3.63, 3.8) is 0 Å². The number of likely N-dealkylation sites (tertiary alicyclic amines) is 1. The van der Waals surface area contributed by atoms with E-state index in [1.165, 1.54) is 11.1 Å². The molecule has 4 aliphatic carbocycles. The van der Waals surface area contributed by atoms with E-state index in [9.17, 15) is 4.79 Å². The molecular formula is C26H33NO4. The van der Waals surface area contributed by atoms with Gasteiger partial charge in [0.15, 0.2) is 17.1 Å². The van der Waals surface area contributed by atoms with Crippen molar-refractivity contribution in [2.45, 2.75) is 68.6 Å². The van der Waals surface area contributed by atoms with Crippen LogP contribution in [-0.2, 0) is 21.4 Å². The minimum absolute atomic E-state index is 0.145. The first-order chi connectivity index (χ1) is 14.9. The molecule has 6 atom stereocenters. The van der Waals surface area contributed by atoms with Gasteiger partial charge < -0.3 is 19.1 Å². The SMILES string of the molecule is CCCC(=O)[C@@H]1C[C@@]23C=C[C@]1(OC)[C@@]1(C)Oc4c(OC)ccc5c4[C@@]12CCN(C)[C@@H]3C5. The largest absolute Gasteiger partial charge is 0.493 e. The molecule has 7 rings (SSSR count). The van der Waals surface area contributed by atoms with E-state index < -0.39 is 11.2 Å². The molecular weight excluding hydrogens is 390 g/mol. The van der Waals surface area contributed by atoms with E-state index in [4.69, 9.17) is 14.2 Å². The van der Waals surface area contributed by atoms with Crippen LogP contribution in [0.25, 0.3) is 0 Å². The molecule has 5 nitrogen and oxygen atoms in total. The summed E-state index contributed by atoms with van der Waals surface area (Å²) < 4.78 is 19.2. The average Bonchev–Trinajstić information content (AvgIpc) is 3.06. The Bertz CT molecular complexity index is 1020. The Kier molecular flexibility index (Phi) is 3.79. The Morgan fingerprint density at radius 3 is 2.81 bits per heavy atom. The molecule has 1 saturated heterocycles. The summed E-state index contributed by atoms with van der Waals surface area (Å²) in [6, 6.07) is 4.63. The van der Waals surface area contributed by atoms with E-state index >= 15 is 0 Å². The number of hydrogen-bond acceptors (Lipinski definition) is 5. The van der Waals surface area contributed by atoms with Gasteiger partial charge in [0.05, 0.1) is 18.4 Å². The number of nitrogens with zero attached hydrogens (tertiary/aromatic N) is 1. The second kappa shape index (κ2) is 5.93. The van der Waals surface area contributed by atoms with Gasteiger partial charge in [-0.1, -0.05) is 25.1 Å². The highest BCUT2D eigenvalue weighted by atomic mass is 16.6. The molecule has 2 fully saturated rings. The van der Waals surface area contributed by atoms with Crippen molar-refractivity contribution in [3.8, 4) is 11.5 Å². The van der Waals surface area contributed by atoms with Crippen LogP contribution >= 0.6 is 0 Å². The van der Waals surface area contributed by atoms with Gasteiger partial charge in [-0.05, 0) is 57.8 Å². The van der Waals surface area contributed by atoms with E-state index in [1.54, 1.807) is 14.2 Å². The summed E-state index contributed by atoms with van der Waals surface area (Å²) in [5.74, 6) is 1.78. The zero-order valence-corrected chi connectivity index (χ0v) is 19.3. The lowest BCUT2D eigenvalue weighted by atomic mass is 9.33. The van der Waals surface area contributed by atoms with Crippen LogP contribution in [0.15, 0.2) is 24.3 Å². The van der Waals surface area contributed by atoms with Gasteiger partial charge in [-0.3, -0.25) is 4.79 Å². The normalized spacial score (nSPS) is 43.5. The molecule has 166 valence electrons. The van der Waals surface area contributed by atoms with Crippen LogP contribution in [0.4, 0.5) is 0 Å². The number of piperidine rings is 1. The third kappa shape index (κ3) is 1.81. The van der Waals surface area contributed by atoms with Crippen LogP contribution in [0, 0.1) is 11.3 Å². The monoisotopic (exact) mass is 423 g/mol. The lowest BCUT2D eigenvalue weighted by molar-refractivity contribution is -0.256. The van der Waals surface area contributed by atoms with Crippen molar-refractivity contribution < 1.29 is 19.0 Å². The fourth-order valence-electron chi connectivity index (χ4n) is 8.62. The molecule has 2 aliphatic heterocycles. The van der Waals surface area contributed by atoms with E-state index in [1.807, 2.05) is 6.07 Å². The fourth-order valence-corrected chi connectivity index (χ4v) is 8.62. The van der Waals surface area contributed by atoms with Crippen LogP contribution in [0.1, 0.15) is 50.7 Å². The standard InChI is InChI=1S/C26H33NO4/c1-6-7-18(28)17-15-24-10-11-26(17,30-5)23(2)25(24)12-13-27(3)20(24)14-16-8-9-19(29-4)22(31-23)21(16)25/h8-11,17,20H,6-7,12-15H2,1-5H3/t17-,20+,23-,24+,25-,26+/m0/s1. The quantitative estimate of drug-likeness (QED) is 0.677. The van der Waals surface area contributed by atoms with E-state index in [2.05, 4.69) is 44.0 Å². The van der Waals surface area contributed by atoms with Crippen LogP contribution in [0.5, 0.6) is 11.5 Å². The van der Waals surface area contributed by atoms with Crippen molar-refractivity contribution in [1.82, 2.24) is 4.90 Å². The zero-order chi connectivity index (χ0) is 21.8. The molecule has 0 amide bonds. The Balaban J connectivity index is 1.70. The maximum absolute atomic E-state index is 13.5. The summed E-state index contributed by atoms with van der Waals surface area (Å²) in [7, 11) is 5.72. The minimum atomic E-state index is -0.778. The van der Waals surface area contributed by atoms with Gasteiger partial charge in [0, 0.05) is 30.6 Å². The molecule has 31 heavy (non-hydrogen) atoms. The molecule has 0 aromatic heterocycles. The van der Waals surface area contributed by atoms with Crippen molar-refractivity contribution in [2.75, 3.05) is 27.8 Å². The number of methoxy groups -OCH3 is 2. The van der Waals surface area contributed by atoms with Gasteiger partial charge in [0.2, 0.25) is 0 Å². The number of carbonyl (C=O) groups excluding carboxylic acids is 1. The van der Waals surface area contributed by atoms with Gasteiger partial charge in [0.1, 0.15) is 11.4 Å². The fraction of sp³-hybridized carbons (Fsp3) is 0.654. The summed E-state index contributed by atoms with van der Waals surface area (Å²) in [6.07, 6.45) is 8.88. The number of fused-ring (bicyclic) bond motifs is 1. The van der Waals surface area contributed by atoms with Gasteiger partial charge in [-0.2, -0.15) is 0 Å². The summed E-state index contributed by atoms with van der Waals surface area (Å²) in [6.45, 7) is 5.32. The topological polar surface area (TPSA) is 48.0 Å².